The number of hydrogen-bond donors (Lipinski definition) is 2. The third kappa shape index (κ3) is 3.95. The smallest absolute Gasteiger partial charge is 0.276 e. The third-order valence-corrected chi connectivity index (χ3v) is 4.77. The van der Waals surface area contributed by atoms with Crippen LogP contribution in [0, 0.1) is 20.2 Å². The van der Waals surface area contributed by atoms with Crippen molar-refractivity contribution < 1.29 is 9.85 Å². The maximum Gasteiger partial charge on any atom is 0.276 e. The number of hydrogen-bond acceptors (Lipinski definition) is 7. The first-order chi connectivity index (χ1) is 14.5. The van der Waals surface area contributed by atoms with Gasteiger partial charge in [-0.2, -0.15) is 0 Å². The number of nitrogens with one attached hydrogen (secondary N) is 2. The predicted octanol–water partition coefficient (Wildman–Crippen LogP) is 3.55. The molecule has 2 unspecified atom stereocenters. The van der Waals surface area contributed by atoms with Crippen molar-refractivity contribution in [1.82, 2.24) is 15.6 Å². The summed E-state index contributed by atoms with van der Waals surface area (Å²) < 4.78 is 0. The second-order valence-electron chi connectivity index (χ2n) is 6.74. The zero-order chi connectivity index (χ0) is 21.1. The van der Waals surface area contributed by atoms with Crippen LogP contribution in [-0.4, -0.2) is 20.9 Å². The van der Waals surface area contributed by atoms with Crippen LogP contribution in [-0.2, 0) is 0 Å². The molecule has 1 aromatic heterocycles. The van der Waals surface area contributed by atoms with Gasteiger partial charge < -0.3 is 10.6 Å². The molecular weight excluding hydrogens is 386 g/mol. The minimum atomic E-state index is -0.630. The average Bonchev–Trinajstić information content (AvgIpc) is 2.79. The summed E-state index contributed by atoms with van der Waals surface area (Å²) in [5.74, 6) is 0. The van der Waals surface area contributed by atoms with E-state index in [2.05, 4.69) is 15.6 Å². The van der Waals surface area contributed by atoms with Crippen LogP contribution in [0.3, 0.4) is 0 Å². The highest BCUT2D eigenvalue weighted by Crippen LogP contribution is 2.33. The van der Waals surface area contributed by atoms with Gasteiger partial charge in [-0.15, -0.1) is 0 Å². The number of aromatic nitrogens is 1. The maximum absolute atomic E-state index is 11.3. The molecule has 0 saturated carbocycles. The van der Waals surface area contributed by atoms with Crippen LogP contribution in [0.1, 0.15) is 17.3 Å². The van der Waals surface area contributed by atoms with Gasteiger partial charge in [0, 0.05) is 24.0 Å². The first-order valence-corrected chi connectivity index (χ1v) is 9.16. The Morgan fingerprint density at radius 2 is 1.73 bits per heavy atom. The molecule has 30 heavy (non-hydrogen) atoms. The van der Waals surface area contributed by atoms with Crippen molar-refractivity contribution in [3.63, 3.8) is 0 Å². The summed E-state index contributed by atoms with van der Waals surface area (Å²) in [7, 11) is 0. The van der Waals surface area contributed by atoms with Gasteiger partial charge in [0.25, 0.3) is 11.4 Å². The van der Waals surface area contributed by atoms with E-state index in [9.17, 15) is 20.2 Å². The van der Waals surface area contributed by atoms with Crippen molar-refractivity contribution in [1.29, 1.82) is 0 Å². The summed E-state index contributed by atoms with van der Waals surface area (Å²) in [6.07, 6.45) is 12.9. The van der Waals surface area contributed by atoms with Gasteiger partial charge in [-0.25, -0.2) is 0 Å². The van der Waals surface area contributed by atoms with Crippen LogP contribution in [0.15, 0.2) is 84.9 Å². The maximum atomic E-state index is 11.3. The molecule has 1 aromatic carbocycles. The van der Waals surface area contributed by atoms with Gasteiger partial charge in [-0.3, -0.25) is 25.2 Å². The number of pyridine rings is 1. The number of non-ortho nitro benzene ring substituents is 2. The fraction of sp³-hybridized carbons (Fsp3) is 0.0952. The van der Waals surface area contributed by atoms with E-state index in [0.717, 1.165) is 17.5 Å². The molecule has 2 aliphatic heterocycles. The minimum absolute atomic E-state index is 0.140. The Morgan fingerprint density at radius 3 is 2.33 bits per heavy atom. The Labute approximate surface area is 171 Å². The molecule has 2 aliphatic rings. The summed E-state index contributed by atoms with van der Waals surface area (Å²) in [5.41, 5.74) is 1.94. The minimum Gasteiger partial charge on any atom is -0.379 e. The molecule has 0 saturated heterocycles. The van der Waals surface area contributed by atoms with Crippen LogP contribution < -0.4 is 10.6 Å². The Bertz CT molecular complexity index is 1090. The molecule has 0 aliphatic carbocycles. The van der Waals surface area contributed by atoms with E-state index >= 15 is 0 Å². The lowest BCUT2D eigenvalue weighted by Gasteiger charge is -2.29. The van der Waals surface area contributed by atoms with Gasteiger partial charge in [-0.1, -0.05) is 18.2 Å². The van der Waals surface area contributed by atoms with Crippen LogP contribution in [0.2, 0.25) is 0 Å². The highest BCUT2D eigenvalue weighted by molar-refractivity contribution is 5.79. The van der Waals surface area contributed by atoms with Gasteiger partial charge >= 0.3 is 0 Å². The summed E-state index contributed by atoms with van der Waals surface area (Å²) in [5, 5.41) is 29.3. The lowest BCUT2D eigenvalue weighted by Crippen LogP contribution is -2.36. The Balaban J connectivity index is 1.82. The molecule has 0 bridgehead atoms. The van der Waals surface area contributed by atoms with E-state index in [0.29, 0.717) is 11.1 Å². The van der Waals surface area contributed by atoms with Gasteiger partial charge in [0.15, 0.2) is 0 Å². The van der Waals surface area contributed by atoms with Crippen molar-refractivity contribution >= 4 is 16.9 Å². The van der Waals surface area contributed by atoms with Gasteiger partial charge in [0.05, 0.1) is 33.7 Å². The van der Waals surface area contributed by atoms with Crippen LogP contribution in [0.25, 0.3) is 5.57 Å². The Kier molecular flexibility index (Phi) is 5.08. The summed E-state index contributed by atoms with van der Waals surface area (Å²) >= 11 is 0. The molecular formula is C21H17N5O4. The van der Waals surface area contributed by atoms with Crippen molar-refractivity contribution in [2.24, 2.45) is 0 Å². The Hall–Kier alpha value is -4.27. The van der Waals surface area contributed by atoms with E-state index in [1.807, 2.05) is 54.8 Å². The molecule has 0 radical (unpaired) electrons. The van der Waals surface area contributed by atoms with Crippen LogP contribution in [0.5, 0.6) is 0 Å². The molecule has 3 heterocycles. The molecule has 9 heteroatoms. The molecule has 2 atom stereocenters. The van der Waals surface area contributed by atoms with Crippen molar-refractivity contribution in [2.75, 3.05) is 0 Å². The van der Waals surface area contributed by atoms with Gasteiger partial charge in [-0.05, 0) is 47.7 Å². The quantitative estimate of drug-likeness (QED) is 0.578. The van der Waals surface area contributed by atoms with E-state index < -0.39 is 9.85 Å². The largest absolute Gasteiger partial charge is 0.379 e. The SMILES string of the molecule is O=[N+]([O-])c1cc(C2=CC(c3ccccn3)NC(C3C=CC=CN3)=C2)cc([N+](=O)[O-])c1. The lowest BCUT2D eigenvalue weighted by molar-refractivity contribution is -0.394. The zero-order valence-electron chi connectivity index (χ0n) is 15.6. The second-order valence-corrected chi connectivity index (χ2v) is 6.74. The molecule has 0 amide bonds. The zero-order valence-corrected chi connectivity index (χ0v) is 15.6. The number of nitro benzene ring substituents is 2. The normalized spacial score (nSPS) is 19.9. The molecule has 150 valence electrons. The van der Waals surface area contributed by atoms with Crippen molar-refractivity contribution in [3.05, 3.63) is 116 Å². The van der Waals surface area contributed by atoms with Gasteiger partial charge in [0.1, 0.15) is 0 Å². The van der Waals surface area contributed by atoms with E-state index in [1.54, 1.807) is 6.20 Å². The van der Waals surface area contributed by atoms with E-state index in [-0.39, 0.29) is 23.5 Å². The van der Waals surface area contributed by atoms with Crippen LogP contribution in [0.4, 0.5) is 11.4 Å². The molecule has 2 aromatic rings. The number of allylic oxidation sites excluding steroid dienone is 4. The first-order valence-electron chi connectivity index (χ1n) is 9.16. The van der Waals surface area contributed by atoms with Crippen LogP contribution >= 0.6 is 0 Å². The number of nitro groups is 2. The number of dihydropyridines is 2. The summed E-state index contributed by atoms with van der Waals surface area (Å²) in [6, 6.07) is 8.76. The third-order valence-electron chi connectivity index (χ3n) is 4.77. The second kappa shape index (κ2) is 8.00. The number of nitrogens with zero attached hydrogens (tertiary/aromatic N) is 3. The fourth-order valence-corrected chi connectivity index (χ4v) is 3.35. The molecule has 2 N–H and O–H groups in total. The average molecular weight is 403 g/mol. The predicted molar refractivity (Wildman–Crippen MR) is 111 cm³/mol. The fourth-order valence-electron chi connectivity index (χ4n) is 3.35. The Morgan fingerprint density at radius 1 is 0.967 bits per heavy atom. The molecule has 0 fully saturated rings. The van der Waals surface area contributed by atoms with Crippen molar-refractivity contribution in [2.45, 2.75) is 12.1 Å². The monoisotopic (exact) mass is 403 g/mol. The number of benzene rings is 1. The first kappa shape index (κ1) is 19.1. The van der Waals surface area contributed by atoms with Crippen molar-refractivity contribution in [3.8, 4) is 0 Å². The highest BCUT2D eigenvalue weighted by Gasteiger charge is 2.24. The van der Waals surface area contributed by atoms with E-state index in [4.69, 9.17) is 0 Å². The lowest BCUT2D eigenvalue weighted by atomic mass is 9.94. The highest BCUT2D eigenvalue weighted by atomic mass is 16.6. The van der Waals surface area contributed by atoms with E-state index in [1.165, 1.54) is 12.1 Å². The topological polar surface area (TPSA) is 123 Å². The molecule has 4 rings (SSSR count). The number of rotatable bonds is 5. The standard InChI is InChI=1S/C21H17N5O4/c27-25(28)16-9-14(10-17(13-16)26(29)30)15-11-20(18-5-1-3-7-22-18)24-21(12-15)19-6-2-4-8-23-19/h1-13,18,21-22,24H. The summed E-state index contributed by atoms with van der Waals surface area (Å²) in [6.45, 7) is 0. The molecule has 9 nitrogen and oxygen atoms in total. The molecule has 0 spiro atoms. The summed E-state index contributed by atoms with van der Waals surface area (Å²) in [4.78, 5) is 25.8. The van der Waals surface area contributed by atoms with Gasteiger partial charge in [0.2, 0.25) is 0 Å².